The molecule has 110 valence electrons. The van der Waals surface area contributed by atoms with Crippen LogP contribution in [0.25, 0.3) is 0 Å². The summed E-state index contributed by atoms with van der Waals surface area (Å²) < 4.78 is 23.4. The Labute approximate surface area is 114 Å². The SMILES string of the molecule is CS(=O)(=O)C1CCCC1NC1CCCC(C(=O)O)C1. The minimum atomic E-state index is -3.01. The van der Waals surface area contributed by atoms with Gasteiger partial charge in [-0.15, -0.1) is 0 Å². The smallest absolute Gasteiger partial charge is 0.306 e. The van der Waals surface area contributed by atoms with Crippen molar-refractivity contribution in [2.75, 3.05) is 6.26 Å². The maximum atomic E-state index is 11.7. The van der Waals surface area contributed by atoms with Gasteiger partial charge in [0.15, 0.2) is 9.84 Å². The molecule has 4 unspecified atom stereocenters. The quantitative estimate of drug-likeness (QED) is 0.812. The van der Waals surface area contributed by atoms with E-state index in [9.17, 15) is 13.2 Å². The molecule has 2 aliphatic rings. The van der Waals surface area contributed by atoms with Crippen LogP contribution in [-0.2, 0) is 14.6 Å². The van der Waals surface area contributed by atoms with Gasteiger partial charge in [-0.1, -0.05) is 12.8 Å². The van der Waals surface area contributed by atoms with Gasteiger partial charge in [-0.25, -0.2) is 8.42 Å². The topological polar surface area (TPSA) is 83.5 Å². The molecule has 0 aromatic heterocycles. The monoisotopic (exact) mass is 289 g/mol. The molecule has 0 spiro atoms. The highest BCUT2D eigenvalue weighted by Crippen LogP contribution is 2.29. The van der Waals surface area contributed by atoms with Crippen molar-refractivity contribution in [1.29, 1.82) is 0 Å². The normalized spacial score (nSPS) is 36.3. The van der Waals surface area contributed by atoms with Gasteiger partial charge in [-0.2, -0.15) is 0 Å². The zero-order valence-electron chi connectivity index (χ0n) is 11.3. The fourth-order valence-corrected chi connectivity index (χ4v) is 4.90. The Bertz CT molecular complexity index is 434. The molecule has 2 saturated carbocycles. The summed E-state index contributed by atoms with van der Waals surface area (Å²) in [5, 5.41) is 12.2. The van der Waals surface area contributed by atoms with Gasteiger partial charge in [0.25, 0.3) is 0 Å². The molecule has 0 saturated heterocycles. The molecule has 2 N–H and O–H groups in total. The number of aliphatic carboxylic acids is 1. The molecule has 2 fully saturated rings. The van der Waals surface area contributed by atoms with Gasteiger partial charge in [0.2, 0.25) is 0 Å². The number of rotatable bonds is 4. The first-order valence-corrected chi connectivity index (χ1v) is 9.01. The summed E-state index contributed by atoms with van der Waals surface area (Å²) in [6, 6.07) is 0.162. The van der Waals surface area contributed by atoms with Crippen LogP contribution in [0.2, 0.25) is 0 Å². The Hall–Kier alpha value is -0.620. The summed E-state index contributed by atoms with van der Waals surface area (Å²) in [5.74, 6) is -0.998. The number of carboxylic acid groups (broad SMARTS) is 1. The average Bonchev–Trinajstić information content (AvgIpc) is 2.77. The van der Waals surface area contributed by atoms with Crippen LogP contribution in [0.4, 0.5) is 0 Å². The number of sulfone groups is 1. The van der Waals surface area contributed by atoms with Crippen molar-refractivity contribution in [3.63, 3.8) is 0 Å². The maximum absolute atomic E-state index is 11.7. The lowest BCUT2D eigenvalue weighted by Gasteiger charge is -2.31. The second-order valence-corrected chi connectivity index (χ2v) is 8.24. The van der Waals surface area contributed by atoms with E-state index in [1.165, 1.54) is 6.26 Å². The van der Waals surface area contributed by atoms with Crippen LogP contribution in [0, 0.1) is 5.92 Å². The van der Waals surface area contributed by atoms with Crippen molar-refractivity contribution in [3.05, 3.63) is 0 Å². The average molecular weight is 289 g/mol. The van der Waals surface area contributed by atoms with Crippen LogP contribution < -0.4 is 5.32 Å². The summed E-state index contributed by atoms with van der Waals surface area (Å²) in [6.07, 6.45) is 7.08. The van der Waals surface area contributed by atoms with Gasteiger partial charge in [0.05, 0.1) is 11.2 Å². The van der Waals surface area contributed by atoms with Gasteiger partial charge in [-0.05, 0) is 32.1 Å². The number of carbonyl (C=O) groups is 1. The van der Waals surface area contributed by atoms with Crippen LogP contribution in [-0.4, -0.2) is 43.1 Å². The third-order valence-corrected chi connectivity index (χ3v) is 6.14. The van der Waals surface area contributed by atoms with Gasteiger partial charge in [-0.3, -0.25) is 4.79 Å². The number of carboxylic acids is 1. The summed E-state index contributed by atoms with van der Waals surface area (Å²) in [7, 11) is -3.01. The molecule has 0 aliphatic heterocycles. The summed E-state index contributed by atoms with van der Waals surface area (Å²) in [6.45, 7) is 0. The third-order valence-electron chi connectivity index (χ3n) is 4.48. The van der Waals surface area contributed by atoms with Crippen LogP contribution in [0.15, 0.2) is 0 Å². The molecule has 0 amide bonds. The van der Waals surface area contributed by atoms with Gasteiger partial charge in [0, 0.05) is 18.3 Å². The zero-order valence-corrected chi connectivity index (χ0v) is 12.2. The van der Waals surface area contributed by atoms with Gasteiger partial charge in [0.1, 0.15) is 0 Å². The van der Waals surface area contributed by atoms with Crippen LogP contribution in [0.3, 0.4) is 0 Å². The minimum Gasteiger partial charge on any atom is -0.481 e. The molecule has 4 atom stereocenters. The molecule has 5 nitrogen and oxygen atoms in total. The van der Waals surface area contributed by atoms with E-state index in [-0.39, 0.29) is 23.3 Å². The lowest BCUT2D eigenvalue weighted by Crippen LogP contribution is -2.47. The highest BCUT2D eigenvalue weighted by atomic mass is 32.2. The van der Waals surface area contributed by atoms with Crippen LogP contribution in [0.5, 0.6) is 0 Å². The van der Waals surface area contributed by atoms with Crippen molar-refractivity contribution < 1.29 is 18.3 Å². The van der Waals surface area contributed by atoms with E-state index in [1.54, 1.807) is 0 Å². The summed E-state index contributed by atoms with van der Waals surface area (Å²) >= 11 is 0. The van der Waals surface area contributed by atoms with E-state index in [1.807, 2.05) is 0 Å². The summed E-state index contributed by atoms with van der Waals surface area (Å²) in [5.41, 5.74) is 0. The fraction of sp³-hybridized carbons (Fsp3) is 0.923. The fourth-order valence-electron chi connectivity index (χ4n) is 3.50. The predicted octanol–water partition coefficient (Wildman–Crippen LogP) is 1.19. The Balaban J connectivity index is 1.95. The molecule has 0 radical (unpaired) electrons. The lowest BCUT2D eigenvalue weighted by molar-refractivity contribution is -0.143. The highest BCUT2D eigenvalue weighted by molar-refractivity contribution is 7.91. The molecule has 0 heterocycles. The number of hydrogen-bond acceptors (Lipinski definition) is 4. The van der Waals surface area contributed by atoms with E-state index >= 15 is 0 Å². The Morgan fingerprint density at radius 2 is 1.84 bits per heavy atom. The first kappa shape index (κ1) is 14.8. The second-order valence-electron chi connectivity index (χ2n) is 5.97. The van der Waals surface area contributed by atoms with E-state index in [0.717, 1.165) is 38.5 Å². The van der Waals surface area contributed by atoms with Gasteiger partial charge < -0.3 is 10.4 Å². The predicted molar refractivity (Wildman–Crippen MR) is 72.8 cm³/mol. The van der Waals surface area contributed by atoms with Gasteiger partial charge >= 0.3 is 5.97 Å². The van der Waals surface area contributed by atoms with Crippen LogP contribution >= 0.6 is 0 Å². The third kappa shape index (κ3) is 3.69. The Kier molecular flexibility index (Phi) is 4.50. The molecule has 0 aromatic rings. The van der Waals surface area contributed by atoms with Crippen LogP contribution in [0.1, 0.15) is 44.9 Å². The van der Waals surface area contributed by atoms with E-state index in [0.29, 0.717) is 6.42 Å². The van der Waals surface area contributed by atoms with Crippen molar-refractivity contribution in [2.24, 2.45) is 5.92 Å². The second kappa shape index (κ2) is 5.79. The molecule has 0 aromatic carbocycles. The molecular formula is C13H23NO4S. The molecule has 0 bridgehead atoms. The zero-order chi connectivity index (χ0) is 14.0. The van der Waals surface area contributed by atoms with Crippen molar-refractivity contribution in [3.8, 4) is 0 Å². The first-order valence-electron chi connectivity index (χ1n) is 7.05. The van der Waals surface area contributed by atoms with Crippen molar-refractivity contribution in [2.45, 2.75) is 62.3 Å². The summed E-state index contributed by atoms with van der Waals surface area (Å²) in [4.78, 5) is 11.0. The molecule has 2 aliphatic carbocycles. The Morgan fingerprint density at radius 3 is 2.47 bits per heavy atom. The standard InChI is InChI=1S/C13H23NO4S/c1-19(17,18)12-7-3-6-11(12)14-10-5-2-4-9(8-10)13(15)16/h9-12,14H,2-8H2,1H3,(H,15,16). The van der Waals surface area contributed by atoms with E-state index < -0.39 is 15.8 Å². The molecule has 6 heteroatoms. The molecular weight excluding hydrogens is 266 g/mol. The molecule has 19 heavy (non-hydrogen) atoms. The molecule has 2 rings (SSSR count). The minimum absolute atomic E-state index is 0.00699. The maximum Gasteiger partial charge on any atom is 0.306 e. The van der Waals surface area contributed by atoms with E-state index in [2.05, 4.69) is 5.32 Å². The van der Waals surface area contributed by atoms with E-state index in [4.69, 9.17) is 5.11 Å². The largest absolute Gasteiger partial charge is 0.481 e. The highest BCUT2D eigenvalue weighted by Gasteiger charge is 2.37. The number of hydrogen-bond donors (Lipinski definition) is 2. The van der Waals surface area contributed by atoms with Crippen molar-refractivity contribution in [1.82, 2.24) is 5.32 Å². The van der Waals surface area contributed by atoms with Crippen molar-refractivity contribution >= 4 is 15.8 Å². The Morgan fingerprint density at radius 1 is 1.16 bits per heavy atom. The number of nitrogens with one attached hydrogen (secondary N) is 1. The first-order chi connectivity index (χ1) is 8.88. The lowest BCUT2D eigenvalue weighted by atomic mass is 9.85.